The first-order chi connectivity index (χ1) is 8.53. The molecule has 0 saturated carbocycles. The van der Waals surface area contributed by atoms with Crippen molar-refractivity contribution in [1.82, 2.24) is 10.2 Å². The molecule has 1 aliphatic heterocycles. The van der Waals surface area contributed by atoms with Gasteiger partial charge in [-0.05, 0) is 46.8 Å². The molecular weight excluding hydrogens is 232 g/mol. The summed E-state index contributed by atoms with van der Waals surface area (Å²) in [6, 6.07) is 0.531. The largest absolute Gasteiger partial charge is 0.468 e. The van der Waals surface area contributed by atoms with Gasteiger partial charge in [0.25, 0.3) is 0 Å². The first-order valence-electron chi connectivity index (χ1n) is 6.59. The Hall–Kier alpha value is -0.650. The average Bonchev–Trinajstić information content (AvgIpc) is 2.91. The van der Waals surface area contributed by atoms with Gasteiger partial charge in [0.2, 0.25) is 0 Å². The number of carbonyl (C=O) groups excluding carboxylic acids is 1. The van der Waals surface area contributed by atoms with E-state index in [0.29, 0.717) is 6.04 Å². The van der Waals surface area contributed by atoms with Crippen LogP contribution < -0.4 is 5.32 Å². The lowest BCUT2D eigenvalue weighted by Crippen LogP contribution is -2.48. The standard InChI is InChI=1S/C13H26N2O3/c1-13(14-2,12(16)17-4)7-5-8-15(3)11-6-9-18-10-11/h11,14H,5-10H2,1-4H3. The van der Waals surface area contributed by atoms with E-state index >= 15 is 0 Å². The van der Waals surface area contributed by atoms with E-state index in [1.165, 1.54) is 7.11 Å². The van der Waals surface area contributed by atoms with Crippen LogP contribution in [0.4, 0.5) is 0 Å². The molecule has 0 aliphatic carbocycles. The number of nitrogens with one attached hydrogen (secondary N) is 1. The number of hydrogen-bond acceptors (Lipinski definition) is 5. The minimum atomic E-state index is -0.582. The molecule has 1 rings (SSSR count). The van der Waals surface area contributed by atoms with Gasteiger partial charge in [-0.3, -0.25) is 4.79 Å². The minimum Gasteiger partial charge on any atom is -0.468 e. The molecule has 5 nitrogen and oxygen atoms in total. The molecule has 0 aromatic carbocycles. The quantitative estimate of drug-likeness (QED) is 0.679. The molecule has 0 aromatic heterocycles. The Balaban J connectivity index is 2.32. The van der Waals surface area contributed by atoms with Crippen LogP contribution in [0.25, 0.3) is 0 Å². The third-order valence-corrected chi connectivity index (χ3v) is 3.90. The average molecular weight is 258 g/mol. The fraction of sp³-hybridized carbons (Fsp3) is 0.923. The fourth-order valence-corrected chi connectivity index (χ4v) is 2.29. The predicted molar refractivity (Wildman–Crippen MR) is 70.6 cm³/mol. The van der Waals surface area contributed by atoms with Crippen LogP contribution >= 0.6 is 0 Å². The molecule has 18 heavy (non-hydrogen) atoms. The van der Waals surface area contributed by atoms with Crippen molar-refractivity contribution in [3.8, 4) is 0 Å². The first kappa shape index (κ1) is 15.4. The molecule has 1 N–H and O–H groups in total. The lowest BCUT2D eigenvalue weighted by Gasteiger charge is -2.28. The summed E-state index contributed by atoms with van der Waals surface area (Å²) in [5.74, 6) is -0.197. The first-order valence-corrected chi connectivity index (χ1v) is 6.59. The maximum absolute atomic E-state index is 11.7. The molecule has 0 aromatic rings. The molecule has 0 amide bonds. The van der Waals surface area contributed by atoms with Crippen LogP contribution in [0.3, 0.4) is 0 Å². The third-order valence-electron chi connectivity index (χ3n) is 3.90. The van der Waals surface area contributed by atoms with Crippen molar-refractivity contribution in [2.24, 2.45) is 0 Å². The Morgan fingerprint density at radius 2 is 2.33 bits per heavy atom. The SMILES string of the molecule is CNC(C)(CCCN(C)C1CCOC1)C(=O)OC. The van der Waals surface area contributed by atoms with Gasteiger partial charge < -0.3 is 19.7 Å². The number of methoxy groups -OCH3 is 1. The Kier molecular flexibility index (Phi) is 6.05. The highest BCUT2D eigenvalue weighted by Crippen LogP contribution is 2.16. The van der Waals surface area contributed by atoms with Gasteiger partial charge in [-0.15, -0.1) is 0 Å². The Labute approximate surface area is 110 Å². The van der Waals surface area contributed by atoms with Gasteiger partial charge in [0.15, 0.2) is 0 Å². The van der Waals surface area contributed by atoms with Crippen LogP contribution in [-0.4, -0.2) is 63.4 Å². The normalized spacial score (nSPS) is 23.1. The molecule has 1 heterocycles. The monoisotopic (exact) mass is 258 g/mol. The van der Waals surface area contributed by atoms with E-state index in [2.05, 4.69) is 17.3 Å². The second-order valence-electron chi connectivity index (χ2n) is 5.18. The van der Waals surface area contributed by atoms with Crippen LogP contribution in [0.5, 0.6) is 0 Å². The van der Waals surface area contributed by atoms with Crippen molar-refractivity contribution < 1.29 is 14.3 Å². The zero-order valence-electron chi connectivity index (χ0n) is 12.0. The zero-order chi connectivity index (χ0) is 13.6. The minimum absolute atomic E-state index is 0.197. The number of rotatable bonds is 7. The van der Waals surface area contributed by atoms with E-state index < -0.39 is 5.54 Å². The Morgan fingerprint density at radius 3 is 2.83 bits per heavy atom. The van der Waals surface area contributed by atoms with Crippen LogP contribution in [0.15, 0.2) is 0 Å². The molecule has 2 atom stereocenters. The fourth-order valence-electron chi connectivity index (χ4n) is 2.29. The zero-order valence-corrected chi connectivity index (χ0v) is 12.0. The topological polar surface area (TPSA) is 50.8 Å². The second-order valence-corrected chi connectivity index (χ2v) is 5.18. The van der Waals surface area contributed by atoms with Crippen LogP contribution in [-0.2, 0) is 14.3 Å². The second kappa shape index (κ2) is 7.07. The molecule has 1 saturated heterocycles. The molecular formula is C13H26N2O3. The van der Waals surface area contributed by atoms with E-state index in [1.807, 2.05) is 6.92 Å². The molecule has 0 spiro atoms. The maximum atomic E-state index is 11.7. The Morgan fingerprint density at radius 1 is 1.61 bits per heavy atom. The molecule has 1 fully saturated rings. The summed E-state index contributed by atoms with van der Waals surface area (Å²) >= 11 is 0. The maximum Gasteiger partial charge on any atom is 0.325 e. The summed E-state index contributed by atoms with van der Waals surface area (Å²) < 4.78 is 10.2. The van der Waals surface area contributed by atoms with Gasteiger partial charge >= 0.3 is 5.97 Å². The van der Waals surface area contributed by atoms with E-state index in [4.69, 9.17) is 9.47 Å². The van der Waals surface area contributed by atoms with E-state index in [-0.39, 0.29) is 5.97 Å². The number of nitrogens with zero attached hydrogens (tertiary/aromatic N) is 1. The molecule has 0 radical (unpaired) electrons. The van der Waals surface area contributed by atoms with Gasteiger partial charge in [0, 0.05) is 12.6 Å². The van der Waals surface area contributed by atoms with Crippen molar-refractivity contribution in [3.05, 3.63) is 0 Å². The summed E-state index contributed by atoms with van der Waals surface area (Å²) in [5, 5.41) is 3.05. The predicted octanol–water partition coefficient (Wildman–Crippen LogP) is 0.638. The van der Waals surface area contributed by atoms with Gasteiger partial charge in [-0.2, -0.15) is 0 Å². The summed E-state index contributed by atoms with van der Waals surface area (Å²) in [6.45, 7) is 4.56. The lowest BCUT2D eigenvalue weighted by molar-refractivity contribution is -0.148. The van der Waals surface area contributed by atoms with Crippen molar-refractivity contribution in [1.29, 1.82) is 0 Å². The number of esters is 1. The van der Waals surface area contributed by atoms with Crippen LogP contribution in [0, 0.1) is 0 Å². The van der Waals surface area contributed by atoms with Crippen molar-refractivity contribution in [3.63, 3.8) is 0 Å². The van der Waals surface area contributed by atoms with E-state index in [9.17, 15) is 4.79 Å². The van der Waals surface area contributed by atoms with Crippen molar-refractivity contribution >= 4 is 5.97 Å². The highest BCUT2D eigenvalue weighted by Gasteiger charge is 2.32. The van der Waals surface area contributed by atoms with E-state index in [0.717, 1.165) is 39.0 Å². The highest BCUT2D eigenvalue weighted by atomic mass is 16.5. The molecule has 2 unspecified atom stereocenters. The molecule has 1 aliphatic rings. The highest BCUT2D eigenvalue weighted by molar-refractivity contribution is 5.80. The summed E-state index contributed by atoms with van der Waals surface area (Å²) in [5.41, 5.74) is -0.582. The van der Waals surface area contributed by atoms with Crippen LogP contribution in [0.2, 0.25) is 0 Å². The van der Waals surface area contributed by atoms with Crippen molar-refractivity contribution in [2.45, 2.75) is 37.8 Å². The van der Waals surface area contributed by atoms with Crippen LogP contribution in [0.1, 0.15) is 26.2 Å². The van der Waals surface area contributed by atoms with Crippen molar-refractivity contribution in [2.75, 3.05) is 41.0 Å². The van der Waals surface area contributed by atoms with Gasteiger partial charge in [-0.25, -0.2) is 0 Å². The lowest BCUT2D eigenvalue weighted by atomic mass is 9.96. The van der Waals surface area contributed by atoms with Gasteiger partial charge in [-0.1, -0.05) is 0 Å². The van der Waals surface area contributed by atoms with Gasteiger partial charge in [0.05, 0.1) is 13.7 Å². The Bertz CT molecular complexity index is 267. The van der Waals surface area contributed by atoms with E-state index in [1.54, 1.807) is 7.05 Å². The third kappa shape index (κ3) is 3.93. The molecule has 0 bridgehead atoms. The molecule has 106 valence electrons. The van der Waals surface area contributed by atoms with Gasteiger partial charge in [0.1, 0.15) is 5.54 Å². The summed E-state index contributed by atoms with van der Waals surface area (Å²) in [7, 11) is 5.35. The number of carbonyl (C=O) groups is 1. The molecule has 5 heteroatoms. The number of hydrogen-bond donors (Lipinski definition) is 1. The number of likely N-dealkylation sites (N-methyl/N-ethyl adjacent to an activating group) is 2. The number of ether oxygens (including phenoxy) is 2. The summed E-state index contributed by atoms with van der Waals surface area (Å²) in [4.78, 5) is 14.0. The summed E-state index contributed by atoms with van der Waals surface area (Å²) in [6.07, 6.45) is 2.84. The smallest absolute Gasteiger partial charge is 0.325 e.